The average Bonchev–Trinajstić information content (AvgIpc) is 3.00. The third-order valence-electron chi connectivity index (χ3n) is 3.98. The van der Waals surface area contributed by atoms with Crippen LogP contribution in [0.2, 0.25) is 0 Å². The summed E-state index contributed by atoms with van der Waals surface area (Å²) in [5.74, 6) is 0.645. The van der Waals surface area contributed by atoms with E-state index in [0.717, 1.165) is 12.8 Å². The molecule has 0 bridgehead atoms. The Balaban J connectivity index is 2.01. The van der Waals surface area contributed by atoms with E-state index in [1.807, 2.05) is 0 Å². The van der Waals surface area contributed by atoms with Crippen molar-refractivity contribution in [1.82, 2.24) is 9.29 Å². The van der Waals surface area contributed by atoms with Gasteiger partial charge in [-0.05, 0) is 36.8 Å². The predicted molar refractivity (Wildman–Crippen MR) is 86.2 cm³/mol. The molecule has 0 spiro atoms. The van der Waals surface area contributed by atoms with Gasteiger partial charge in [0.05, 0.1) is 0 Å². The Bertz CT molecular complexity index is 579. The first-order chi connectivity index (χ1) is 10.3. The molecule has 0 amide bonds. The van der Waals surface area contributed by atoms with Gasteiger partial charge in [-0.25, -0.2) is 13.4 Å². The normalized spacial score (nSPS) is 16.9. The second-order valence-electron chi connectivity index (χ2n) is 6.48. The van der Waals surface area contributed by atoms with Crippen molar-refractivity contribution < 1.29 is 13.5 Å². The van der Waals surface area contributed by atoms with Gasteiger partial charge in [-0.3, -0.25) is 0 Å². The molecule has 2 N–H and O–H groups in total. The minimum absolute atomic E-state index is 0.0449. The van der Waals surface area contributed by atoms with Crippen LogP contribution in [0, 0.1) is 5.41 Å². The van der Waals surface area contributed by atoms with E-state index in [9.17, 15) is 8.42 Å². The lowest BCUT2D eigenvalue weighted by Crippen LogP contribution is -2.28. The Morgan fingerprint density at radius 2 is 2.00 bits per heavy atom. The van der Waals surface area contributed by atoms with E-state index in [1.54, 1.807) is 12.1 Å². The molecule has 1 aliphatic rings. The molecule has 1 aromatic rings. The molecule has 22 heavy (non-hydrogen) atoms. The van der Waals surface area contributed by atoms with Gasteiger partial charge in [0.15, 0.2) is 0 Å². The first-order valence-corrected chi connectivity index (χ1v) is 9.10. The monoisotopic (exact) mass is 327 g/mol. The Hall–Kier alpha value is -1.18. The smallest absolute Gasteiger partial charge is 0.244 e. The number of aliphatic hydroxyl groups excluding tert-OH is 1. The third-order valence-corrected chi connectivity index (χ3v) is 5.86. The number of nitrogens with one attached hydrogen (secondary N) is 1. The highest BCUT2D eigenvalue weighted by Gasteiger charge is 2.27. The Labute approximate surface area is 132 Å². The molecule has 0 aromatic carbocycles. The molecule has 7 heteroatoms. The number of sulfonamides is 1. The lowest BCUT2D eigenvalue weighted by Gasteiger charge is -2.24. The number of pyridine rings is 1. The van der Waals surface area contributed by atoms with E-state index in [1.165, 1.54) is 10.5 Å². The van der Waals surface area contributed by atoms with Gasteiger partial charge in [-0.1, -0.05) is 13.8 Å². The summed E-state index contributed by atoms with van der Waals surface area (Å²) >= 11 is 0. The maximum atomic E-state index is 12.4. The van der Waals surface area contributed by atoms with Crippen LogP contribution < -0.4 is 5.32 Å². The van der Waals surface area contributed by atoms with Gasteiger partial charge in [0.1, 0.15) is 10.7 Å². The summed E-state index contributed by atoms with van der Waals surface area (Å²) in [4.78, 5) is 4.45. The first-order valence-electron chi connectivity index (χ1n) is 7.66. The SMILES string of the molecule is CC(C)(CCO)CNc1ccc(S(=O)(=O)N2CCCC2)cn1. The van der Waals surface area contributed by atoms with Gasteiger partial charge < -0.3 is 10.4 Å². The van der Waals surface area contributed by atoms with Crippen molar-refractivity contribution in [1.29, 1.82) is 0 Å². The standard InChI is InChI=1S/C15H25N3O3S/c1-15(2,7-10-19)12-17-14-6-5-13(11-16-14)22(20,21)18-8-3-4-9-18/h5-6,11,19H,3-4,7-10,12H2,1-2H3,(H,16,17). The molecule has 0 aliphatic carbocycles. The predicted octanol–water partition coefficient (Wildman–Crippen LogP) is 1.69. The summed E-state index contributed by atoms with van der Waals surface area (Å²) in [6.45, 7) is 6.12. The molecule has 0 radical (unpaired) electrons. The molecule has 1 aliphatic heterocycles. The van der Waals surface area contributed by atoms with Gasteiger partial charge >= 0.3 is 0 Å². The second-order valence-corrected chi connectivity index (χ2v) is 8.42. The molecule has 1 fully saturated rings. The fraction of sp³-hybridized carbons (Fsp3) is 0.667. The summed E-state index contributed by atoms with van der Waals surface area (Å²) in [6.07, 6.45) is 3.95. The minimum Gasteiger partial charge on any atom is -0.396 e. The topological polar surface area (TPSA) is 82.5 Å². The Morgan fingerprint density at radius 1 is 1.32 bits per heavy atom. The van der Waals surface area contributed by atoms with Gasteiger partial charge in [0.2, 0.25) is 10.0 Å². The van der Waals surface area contributed by atoms with Gasteiger partial charge in [-0.2, -0.15) is 4.31 Å². The third kappa shape index (κ3) is 4.18. The fourth-order valence-corrected chi connectivity index (χ4v) is 3.90. The van der Waals surface area contributed by atoms with Crippen LogP contribution in [0.1, 0.15) is 33.1 Å². The number of rotatable bonds is 7. The summed E-state index contributed by atoms with van der Waals surface area (Å²) in [6, 6.07) is 3.29. The second kappa shape index (κ2) is 6.93. The number of anilines is 1. The molecule has 2 heterocycles. The maximum Gasteiger partial charge on any atom is 0.244 e. The minimum atomic E-state index is -3.40. The summed E-state index contributed by atoms with van der Waals surface area (Å²) < 4.78 is 26.3. The van der Waals surface area contributed by atoms with Crippen molar-refractivity contribution in [2.75, 3.05) is 31.6 Å². The highest BCUT2D eigenvalue weighted by atomic mass is 32.2. The van der Waals surface area contributed by atoms with E-state index in [0.29, 0.717) is 31.9 Å². The van der Waals surface area contributed by atoms with Crippen LogP contribution in [0.15, 0.2) is 23.2 Å². The molecule has 124 valence electrons. The number of hydrogen-bond acceptors (Lipinski definition) is 5. The van der Waals surface area contributed by atoms with E-state index in [-0.39, 0.29) is 16.9 Å². The van der Waals surface area contributed by atoms with Crippen molar-refractivity contribution >= 4 is 15.8 Å². The zero-order valence-electron chi connectivity index (χ0n) is 13.2. The number of aromatic nitrogens is 1. The lowest BCUT2D eigenvalue weighted by atomic mass is 9.90. The fourth-order valence-electron chi connectivity index (χ4n) is 2.44. The first kappa shape index (κ1) is 17.2. The highest BCUT2D eigenvalue weighted by molar-refractivity contribution is 7.89. The van der Waals surface area contributed by atoms with Crippen molar-refractivity contribution in [3.05, 3.63) is 18.3 Å². The molecular weight excluding hydrogens is 302 g/mol. The zero-order chi connectivity index (χ0) is 16.2. The van der Waals surface area contributed by atoms with Gasteiger partial charge in [-0.15, -0.1) is 0 Å². The Morgan fingerprint density at radius 3 is 2.55 bits per heavy atom. The molecule has 0 unspecified atom stereocenters. The van der Waals surface area contributed by atoms with E-state index >= 15 is 0 Å². The van der Waals surface area contributed by atoms with Crippen LogP contribution >= 0.6 is 0 Å². The van der Waals surface area contributed by atoms with Crippen LogP contribution in [0.3, 0.4) is 0 Å². The molecular formula is C15H25N3O3S. The molecule has 0 atom stereocenters. The Kier molecular flexibility index (Phi) is 5.41. The largest absolute Gasteiger partial charge is 0.396 e. The van der Waals surface area contributed by atoms with E-state index in [4.69, 9.17) is 5.11 Å². The van der Waals surface area contributed by atoms with E-state index < -0.39 is 10.0 Å². The number of aliphatic hydroxyl groups is 1. The van der Waals surface area contributed by atoms with Crippen LogP contribution in [0.25, 0.3) is 0 Å². The number of nitrogens with zero attached hydrogens (tertiary/aromatic N) is 2. The van der Waals surface area contributed by atoms with Crippen LogP contribution in [-0.4, -0.2) is 49.1 Å². The maximum absolute atomic E-state index is 12.4. The van der Waals surface area contributed by atoms with E-state index in [2.05, 4.69) is 24.1 Å². The van der Waals surface area contributed by atoms with Crippen molar-refractivity contribution in [2.45, 2.75) is 38.0 Å². The molecule has 0 saturated carbocycles. The highest BCUT2D eigenvalue weighted by Crippen LogP contribution is 2.22. The average molecular weight is 327 g/mol. The molecule has 1 saturated heterocycles. The van der Waals surface area contributed by atoms with Crippen molar-refractivity contribution in [3.63, 3.8) is 0 Å². The lowest BCUT2D eigenvalue weighted by molar-refractivity contribution is 0.220. The van der Waals surface area contributed by atoms with Crippen LogP contribution in [0.4, 0.5) is 5.82 Å². The van der Waals surface area contributed by atoms with Crippen molar-refractivity contribution in [3.8, 4) is 0 Å². The summed E-state index contributed by atoms with van der Waals surface area (Å²) in [7, 11) is -3.40. The molecule has 2 rings (SSSR count). The molecule has 1 aromatic heterocycles. The number of hydrogen-bond donors (Lipinski definition) is 2. The van der Waals surface area contributed by atoms with Crippen LogP contribution in [-0.2, 0) is 10.0 Å². The van der Waals surface area contributed by atoms with Gasteiger partial charge in [0.25, 0.3) is 0 Å². The van der Waals surface area contributed by atoms with Crippen LogP contribution in [0.5, 0.6) is 0 Å². The van der Waals surface area contributed by atoms with Gasteiger partial charge in [0, 0.05) is 32.4 Å². The summed E-state index contributed by atoms with van der Waals surface area (Å²) in [5.41, 5.74) is -0.0449. The summed E-state index contributed by atoms with van der Waals surface area (Å²) in [5, 5.41) is 12.2. The molecule has 6 nitrogen and oxygen atoms in total. The zero-order valence-corrected chi connectivity index (χ0v) is 14.1. The van der Waals surface area contributed by atoms with Crippen molar-refractivity contribution in [2.24, 2.45) is 5.41 Å². The quantitative estimate of drug-likeness (QED) is 0.796.